The third-order valence-electron chi connectivity index (χ3n) is 4.30. The van der Waals surface area contributed by atoms with Crippen LogP contribution in [0.1, 0.15) is 17.3 Å². The molecule has 8 heteroatoms. The van der Waals surface area contributed by atoms with Gasteiger partial charge in [-0.05, 0) is 37.3 Å². The number of carboxylic acid groups (broad SMARTS) is 1. The van der Waals surface area contributed by atoms with Gasteiger partial charge in [0.1, 0.15) is 0 Å². The van der Waals surface area contributed by atoms with Crippen molar-refractivity contribution in [3.05, 3.63) is 71.6 Å². The minimum Gasteiger partial charge on any atom is -0.478 e. The van der Waals surface area contributed by atoms with Gasteiger partial charge < -0.3 is 5.11 Å². The molecule has 0 saturated carbocycles. The second kappa shape index (κ2) is 6.72. The lowest BCUT2D eigenvalue weighted by Crippen LogP contribution is -2.34. The minimum absolute atomic E-state index is 0.0759. The van der Waals surface area contributed by atoms with Gasteiger partial charge in [0.15, 0.2) is 0 Å². The summed E-state index contributed by atoms with van der Waals surface area (Å²) in [7, 11) is -2.03. The summed E-state index contributed by atoms with van der Waals surface area (Å²) >= 11 is 0. The van der Waals surface area contributed by atoms with Gasteiger partial charge in [0.05, 0.1) is 34.1 Å². The fourth-order valence-corrected chi connectivity index (χ4v) is 3.93. The highest BCUT2D eigenvalue weighted by Gasteiger charge is 2.28. The maximum absolute atomic E-state index is 12.7. The third-order valence-corrected chi connectivity index (χ3v) is 5.68. The van der Waals surface area contributed by atoms with Crippen LogP contribution >= 0.6 is 0 Å². The van der Waals surface area contributed by atoms with E-state index in [1.54, 1.807) is 0 Å². The number of allylic oxidation sites excluding steroid dienone is 1. The number of carbonyl (C=O) groups is 1. The van der Waals surface area contributed by atoms with Crippen molar-refractivity contribution < 1.29 is 18.3 Å². The first kappa shape index (κ1) is 17.8. The van der Waals surface area contributed by atoms with Gasteiger partial charge >= 0.3 is 5.97 Å². The molecule has 0 amide bonds. The Labute approximate surface area is 152 Å². The summed E-state index contributed by atoms with van der Waals surface area (Å²) in [5.74, 6) is -1.17. The van der Waals surface area contributed by atoms with Crippen molar-refractivity contribution >= 4 is 21.7 Å². The Morgan fingerprint density at radius 3 is 2.46 bits per heavy atom. The summed E-state index contributed by atoms with van der Waals surface area (Å²) in [4.78, 5) is 11.0. The Morgan fingerprint density at radius 2 is 1.81 bits per heavy atom. The average Bonchev–Trinajstić information content (AvgIpc) is 2.90. The van der Waals surface area contributed by atoms with Crippen molar-refractivity contribution in [2.75, 3.05) is 18.6 Å². The molecular weight excluding hydrogens is 354 g/mol. The molecule has 1 aliphatic heterocycles. The van der Waals surface area contributed by atoms with E-state index in [0.29, 0.717) is 12.2 Å². The number of aromatic carboxylic acids is 1. The normalized spacial score (nSPS) is 14.7. The lowest BCUT2D eigenvalue weighted by atomic mass is 10.2. The van der Waals surface area contributed by atoms with Crippen LogP contribution in [0.4, 0.5) is 5.69 Å². The Balaban J connectivity index is 1.86. The van der Waals surface area contributed by atoms with Crippen LogP contribution in [0.3, 0.4) is 0 Å². The molecule has 0 spiro atoms. The lowest BCUT2D eigenvalue weighted by Gasteiger charge is -2.29. The fraction of sp³-hybridized carbons (Fsp3) is 0.167. The lowest BCUT2D eigenvalue weighted by molar-refractivity contribution is 0.0696. The third kappa shape index (κ3) is 3.36. The molecule has 136 valence electrons. The second-order valence-corrected chi connectivity index (χ2v) is 7.60. The van der Waals surface area contributed by atoms with Gasteiger partial charge in [-0.15, -0.1) is 0 Å². The number of nitrogens with zero attached hydrogens (tertiary/aromatic N) is 2. The zero-order valence-corrected chi connectivity index (χ0v) is 15.2. The first-order chi connectivity index (χ1) is 12.3. The summed E-state index contributed by atoms with van der Waals surface area (Å²) in [5.41, 5.74) is 2.17. The second-order valence-electron chi connectivity index (χ2n) is 5.92. The van der Waals surface area contributed by atoms with Crippen molar-refractivity contribution in [1.29, 1.82) is 0 Å². The van der Waals surface area contributed by atoms with E-state index in [-0.39, 0.29) is 10.5 Å². The number of sulfonamides is 1. The summed E-state index contributed by atoms with van der Waals surface area (Å²) in [5, 5.41) is 12.9. The molecule has 0 aromatic heterocycles. The molecule has 0 fully saturated rings. The molecule has 7 nitrogen and oxygen atoms in total. The van der Waals surface area contributed by atoms with E-state index >= 15 is 0 Å². The van der Waals surface area contributed by atoms with E-state index < -0.39 is 16.0 Å². The Morgan fingerprint density at radius 1 is 1.12 bits per heavy atom. The summed E-state index contributed by atoms with van der Waals surface area (Å²) in [6.45, 7) is 2.19. The van der Waals surface area contributed by atoms with Crippen molar-refractivity contribution in [3.63, 3.8) is 0 Å². The minimum atomic E-state index is -3.89. The molecule has 3 rings (SSSR count). The number of hydrazine groups is 1. The molecule has 2 N–H and O–H groups in total. The highest BCUT2D eigenvalue weighted by atomic mass is 32.2. The van der Waals surface area contributed by atoms with Crippen LogP contribution in [0.5, 0.6) is 0 Å². The topological polar surface area (TPSA) is 89.9 Å². The van der Waals surface area contributed by atoms with Crippen LogP contribution in [0.25, 0.3) is 0 Å². The maximum Gasteiger partial charge on any atom is 0.335 e. The van der Waals surface area contributed by atoms with Crippen LogP contribution in [0, 0.1) is 0 Å². The van der Waals surface area contributed by atoms with Gasteiger partial charge in [-0.1, -0.05) is 24.3 Å². The molecule has 1 aliphatic rings. The molecule has 2 aromatic rings. The number of benzene rings is 2. The van der Waals surface area contributed by atoms with Gasteiger partial charge in [0, 0.05) is 7.05 Å². The molecule has 1 heterocycles. The van der Waals surface area contributed by atoms with Gasteiger partial charge in [-0.2, -0.15) is 0 Å². The number of para-hydroxylation sites is 1. The monoisotopic (exact) mass is 373 g/mol. The molecule has 0 bridgehead atoms. The molecule has 0 aliphatic carbocycles. The smallest absolute Gasteiger partial charge is 0.335 e. The molecule has 2 aromatic carbocycles. The number of rotatable bonds is 5. The van der Waals surface area contributed by atoms with Crippen molar-refractivity contribution in [1.82, 2.24) is 9.73 Å². The highest BCUT2D eigenvalue weighted by Crippen LogP contribution is 2.27. The Hall–Kier alpha value is -3.00. The molecule has 0 radical (unpaired) electrons. The van der Waals surface area contributed by atoms with Crippen molar-refractivity contribution in [3.8, 4) is 0 Å². The summed E-state index contributed by atoms with van der Waals surface area (Å²) in [6, 6.07) is 14.9. The van der Waals surface area contributed by atoms with Crippen LogP contribution in [0.2, 0.25) is 0 Å². The zero-order chi connectivity index (χ0) is 18.9. The fourth-order valence-electron chi connectivity index (χ4n) is 2.73. The number of nitrogens with one attached hydrogen (secondary N) is 1. The van der Waals surface area contributed by atoms with Crippen molar-refractivity contribution in [2.45, 2.75) is 11.8 Å². The molecule has 26 heavy (non-hydrogen) atoms. The van der Waals surface area contributed by atoms with Crippen LogP contribution in [-0.4, -0.2) is 38.1 Å². The number of carboxylic acids is 1. The maximum atomic E-state index is 12.7. The largest absolute Gasteiger partial charge is 0.478 e. The van der Waals surface area contributed by atoms with E-state index in [0.717, 1.165) is 17.5 Å². The number of hydrogen-bond donors (Lipinski definition) is 2. The average molecular weight is 373 g/mol. The molecule has 0 saturated heterocycles. The quantitative estimate of drug-likeness (QED) is 0.836. The van der Waals surface area contributed by atoms with Crippen molar-refractivity contribution in [2.24, 2.45) is 0 Å². The molecule has 0 atom stereocenters. The number of anilines is 1. The van der Waals surface area contributed by atoms with Crippen LogP contribution in [0.15, 0.2) is 70.9 Å². The van der Waals surface area contributed by atoms with E-state index in [1.165, 1.54) is 18.2 Å². The molecule has 0 unspecified atom stereocenters. The highest BCUT2D eigenvalue weighted by molar-refractivity contribution is 7.89. The van der Waals surface area contributed by atoms with E-state index in [1.807, 2.05) is 54.3 Å². The standard InChI is InChI=1S/C18H19N3O4S/c1-13-17(12-21(20(13)2)15-8-4-3-5-9-15)19-26(24,25)16-10-6-7-14(11-16)18(22)23/h3-11,19H,12H2,1-2H3,(H,22,23). The number of hydrogen-bond acceptors (Lipinski definition) is 5. The van der Waals surface area contributed by atoms with Gasteiger partial charge in [-0.25, -0.2) is 13.2 Å². The Kier molecular flexibility index (Phi) is 4.60. The van der Waals surface area contributed by atoms with E-state index in [4.69, 9.17) is 5.11 Å². The van der Waals surface area contributed by atoms with Crippen LogP contribution < -0.4 is 9.73 Å². The SMILES string of the molecule is CC1=C(NS(=O)(=O)c2cccc(C(=O)O)c2)CN(c2ccccc2)N1C. The predicted molar refractivity (Wildman–Crippen MR) is 98.0 cm³/mol. The van der Waals surface area contributed by atoms with E-state index in [2.05, 4.69) is 4.72 Å². The predicted octanol–water partition coefficient (Wildman–Crippen LogP) is 2.26. The molecular formula is C18H19N3O4S. The zero-order valence-electron chi connectivity index (χ0n) is 14.4. The summed E-state index contributed by atoms with van der Waals surface area (Å²) in [6.07, 6.45) is 0. The Bertz CT molecular complexity index is 971. The summed E-state index contributed by atoms with van der Waals surface area (Å²) < 4.78 is 28.0. The van der Waals surface area contributed by atoms with Gasteiger partial charge in [-0.3, -0.25) is 14.7 Å². The van der Waals surface area contributed by atoms with E-state index in [9.17, 15) is 13.2 Å². The van der Waals surface area contributed by atoms with Gasteiger partial charge in [0.2, 0.25) is 0 Å². The first-order valence-electron chi connectivity index (χ1n) is 7.92. The van der Waals surface area contributed by atoms with Gasteiger partial charge in [0.25, 0.3) is 10.0 Å². The first-order valence-corrected chi connectivity index (χ1v) is 9.40. The van der Waals surface area contributed by atoms with Crippen LogP contribution in [-0.2, 0) is 10.0 Å².